The van der Waals surface area contributed by atoms with Gasteiger partial charge in [-0.25, -0.2) is 0 Å². The molecule has 0 unspecified atom stereocenters. The number of diazo groups is 1. The second-order valence-electron chi connectivity index (χ2n) is 15.9. The highest BCUT2D eigenvalue weighted by Crippen LogP contribution is 2.43. The lowest BCUT2D eigenvalue weighted by Crippen LogP contribution is -2.75. The second kappa shape index (κ2) is 19.6. The number of halogens is 27. The van der Waals surface area contributed by atoms with Crippen LogP contribution in [0.1, 0.15) is 50.1 Å². The van der Waals surface area contributed by atoms with Crippen molar-refractivity contribution in [2.45, 2.75) is 55.6 Å². The molecular weight excluding hydrogens is 1090 g/mol. The maximum atomic E-state index is 14.2. The summed E-state index contributed by atoms with van der Waals surface area (Å²) in [4.78, 5) is 3.00. The Hall–Kier alpha value is -7.09. The Morgan fingerprint density at radius 1 is 0.267 bits per heavy atom. The Labute approximate surface area is 400 Å². The lowest BCUT2D eigenvalue weighted by atomic mass is 9.12. The zero-order chi connectivity index (χ0) is 57.1. The second-order valence-corrected chi connectivity index (χ2v) is 15.9. The van der Waals surface area contributed by atoms with Crippen LogP contribution in [-0.4, -0.2) is 6.15 Å². The van der Waals surface area contributed by atoms with Crippen LogP contribution in [0.25, 0.3) is 16.1 Å². The van der Waals surface area contributed by atoms with E-state index in [1.54, 1.807) is 12.1 Å². The highest BCUT2D eigenvalue weighted by Gasteiger charge is 2.47. The molecule has 6 aromatic rings. The number of hydrogen-bond donors (Lipinski definition) is 0. The van der Waals surface area contributed by atoms with Gasteiger partial charge in [0.15, 0.2) is 4.98 Å². The molecule has 0 fully saturated rings. The van der Waals surface area contributed by atoms with E-state index in [0.717, 1.165) is 6.07 Å². The Bertz CT molecular complexity index is 2660. The van der Waals surface area contributed by atoms with Gasteiger partial charge in [0.2, 0.25) is 5.39 Å². The Morgan fingerprint density at radius 2 is 0.480 bits per heavy atom. The molecule has 0 aliphatic rings. The van der Waals surface area contributed by atoms with E-state index in [-0.39, 0.29) is 16.8 Å². The van der Waals surface area contributed by atoms with E-state index in [2.05, 4.69) is 4.98 Å². The first kappa shape index (κ1) is 58.8. The Balaban J connectivity index is 0.000000483. The van der Waals surface area contributed by atoms with Gasteiger partial charge in [-0.1, -0.05) is 78.9 Å². The molecule has 6 aromatic carbocycles. The van der Waals surface area contributed by atoms with Crippen molar-refractivity contribution >= 4 is 33.7 Å². The van der Waals surface area contributed by atoms with Gasteiger partial charge in [0.1, 0.15) is 6.15 Å². The van der Waals surface area contributed by atoms with E-state index < -0.39 is 206 Å². The molecule has 0 aliphatic carbocycles. The summed E-state index contributed by atoms with van der Waals surface area (Å²) in [6, 6.07) is 2.50. The fraction of sp³-hybridized carbons (Fsp3) is 0.200. The Morgan fingerprint density at radius 3 is 0.693 bits per heavy atom. The van der Waals surface area contributed by atoms with Crippen molar-refractivity contribution in [1.29, 1.82) is 5.39 Å². The molecule has 75 heavy (non-hydrogen) atoms. The third-order valence-corrected chi connectivity index (χ3v) is 11.0. The quantitative estimate of drug-likeness (QED) is 0.0961. The summed E-state index contributed by atoms with van der Waals surface area (Å²) in [6.45, 7) is 0. The maximum absolute atomic E-state index is 14.2. The smallest absolute Gasteiger partial charge is 0.194 e. The average molecular weight is 1110 g/mol. The van der Waals surface area contributed by atoms with Gasteiger partial charge in [-0.2, -0.15) is 140 Å². The third-order valence-electron chi connectivity index (χ3n) is 11.0. The monoisotopic (exact) mass is 1110 g/mol. The van der Waals surface area contributed by atoms with Gasteiger partial charge in [0.25, 0.3) is 0 Å². The number of nitrogens with zero attached hydrogens (tertiary/aromatic N) is 2. The molecule has 402 valence electrons. The van der Waals surface area contributed by atoms with Gasteiger partial charge < -0.3 is 0 Å². The molecule has 0 radical (unpaired) electrons. The first-order chi connectivity index (χ1) is 33.8. The van der Waals surface area contributed by atoms with Gasteiger partial charge >= 0.3 is 61.3 Å². The average Bonchev–Trinajstić information content (AvgIpc) is 3.26. The molecule has 0 N–H and O–H groups in total. The molecule has 0 atom stereocenters. The largest absolute Gasteiger partial charge is 0.417 e. The van der Waals surface area contributed by atoms with Crippen LogP contribution in [0.4, 0.5) is 124 Å². The molecule has 2 nitrogen and oxygen atoms in total. The standard InChI is InChI=1S/C32H12BF24.C13H8F3N2/c34-25(35,36)13-1-14(26(37,38)39)6-21(5-13)33(22-7-15(27(40,41)42)2-16(8-22)28(43,44)45,23-9-17(29(46,47)48)3-18(10-23)30(49,50)51)24-11-19(31(52,53)54)4-20(12-24)32(55,56)57;14-13(15,16)11-7-3-1-5-9(11)10-6-2-4-8-12(10)18-17/h1-12H;1-8H/q-1;+1. The fourth-order valence-electron chi connectivity index (χ4n) is 7.82. The van der Waals surface area contributed by atoms with Crippen LogP contribution in [0.15, 0.2) is 121 Å². The zero-order valence-electron chi connectivity index (χ0n) is 35.7. The van der Waals surface area contributed by atoms with Crippen LogP contribution in [0.3, 0.4) is 0 Å². The van der Waals surface area contributed by atoms with E-state index in [9.17, 15) is 119 Å². The highest BCUT2D eigenvalue weighted by molar-refractivity contribution is 7.20. The topological polar surface area (TPSA) is 28.1 Å². The van der Waals surface area contributed by atoms with Crippen LogP contribution in [0.2, 0.25) is 0 Å². The van der Waals surface area contributed by atoms with Crippen LogP contribution in [-0.2, 0) is 55.6 Å². The lowest BCUT2D eigenvalue weighted by Gasteiger charge is -2.46. The van der Waals surface area contributed by atoms with Gasteiger partial charge in [-0.15, -0.1) is 0 Å². The molecule has 30 heteroatoms. The summed E-state index contributed by atoms with van der Waals surface area (Å²) >= 11 is 0. The molecule has 0 spiro atoms. The third kappa shape index (κ3) is 13.1. The van der Waals surface area contributed by atoms with Crippen molar-refractivity contribution in [3.8, 4) is 11.1 Å². The first-order valence-electron chi connectivity index (χ1n) is 19.8. The van der Waals surface area contributed by atoms with Crippen LogP contribution in [0.5, 0.6) is 0 Å². The first-order valence-corrected chi connectivity index (χ1v) is 19.8. The Kier molecular flexibility index (Phi) is 15.3. The van der Waals surface area contributed by atoms with Crippen molar-refractivity contribution in [1.82, 2.24) is 0 Å². The van der Waals surface area contributed by atoms with E-state index in [0.29, 0.717) is 0 Å². The summed E-state index contributed by atoms with van der Waals surface area (Å²) < 4.78 is 379. The summed E-state index contributed by atoms with van der Waals surface area (Å²) in [5.74, 6) is 0. The fourth-order valence-corrected chi connectivity index (χ4v) is 7.82. The van der Waals surface area contributed by atoms with Crippen molar-refractivity contribution in [3.05, 3.63) is 176 Å². The molecule has 6 rings (SSSR count). The molecule has 0 heterocycles. The van der Waals surface area contributed by atoms with Crippen LogP contribution >= 0.6 is 0 Å². The molecule has 0 amide bonds. The highest BCUT2D eigenvalue weighted by atomic mass is 19.4. The van der Waals surface area contributed by atoms with Crippen LogP contribution < -0.4 is 21.9 Å². The molecule has 0 aromatic heterocycles. The van der Waals surface area contributed by atoms with Gasteiger partial charge in [0.05, 0.1) is 55.6 Å². The predicted molar refractivity (Wildman–Crippen MR) is 212 cm³/mol. The molecular formula is C45H20BF27N2. The predicted octanol–water partition coefficient (Wildman–Crippen LogP) is 16.1. The minimum atomic E-state index is -6.13. The zero-order valence-corrected chi connectivity index (χ0v) is 35.7. The number of rotatable bonds is 5. The van der Waals surface area contributed by atoms with Gasteiger partial charge in [0, 0.05) is 11.6 Å². The minimum Gasteiger partial charge on any atom is -0.194 e. The van der Waals surface area contributed by atoms with Gasteiger partial charge in [-0.05, 0) is 36.4 Å². The molecule has 0 aliphatic heterocycles. The molecule has 0 bridgehead atoms. The number of alkyl halides is 27. The van der Waals surface area contributed by atoms with Gasteiger partial charge in [-0.3, -0.25) is 0 Å². The lowest BCUT2D eigenvalue weighted by molar-refractivity contribution is -0.144. The van der Waals surface area contributed by atoms with Crippen molar-refractivity contribution in [2.75, 3.05) is 0 Å². The van der Waals surface area contributed by atoms with E-state index in [4.69, 9.17) is 5.39 Å². The normalized spacial score (nSPS) is 13.5. The van der Waals surface area contributed by atoms with Crippen molar-refractivity contribution in [2.24, 2.45) is 0 Å². The van der Waals surface area contributed by atoms with Crippen molar-refractivity contribution in [3.63, 3.8) is 0 Å². The number of hydrogen-bond acceptors (Lipinski definition) is 1. The molecule has 0 saturated carbocycles. The minimum absolute atomic E-state index is 0.00148. The SMILES string of the molecule is FC(F)(F)c1cc([B-](c2cc(C(F)(F)F)cc(C(F)(F)F)c2)(c2cc(C(F)(F)F)cc(C(F)(F)F)c2)c2cc(C(F)(F)F)cc(C(F)(F)F)c2)cc(C(F)(F)F)c1.N#[N+]c1ccccc1-c1ccccc1C(F)(F)F. The van der Waals surface area contributed by atoms with Crippen LogP contribution in [0, 0.1) is 5.39 Å². The summed E-state index contributed by atoms with van der Waals surface area (Å²) in [6.07, 6.45) is -59.3. The summed E-state index contributed by atoms with van der Waals surface area (Å²) in [7, 11) is 0. The van der Waals surface area contributed by atoms with Crippen molar-refractivity contribution < 1.29 is 119 Å². The van der Waals surface area contributed by atoms with E-state index >= 15 is 0 Å². The van der Waals surface area contributed by atoms with E-state index in [1.165, 1.54) is 30.3 Å². The maximum Gasteiger partial charge on any atom is 0.417 e. The summed E-state index contributed by atoms with van der Waals surface area (Å²) in [5.41, 5.74) is -30.6. The van der Waals surface area contributed by atoms with E-state index in [1.807, 2.05) is 0 Å². The molecule has 0 saturated heterocycles. The summed E-state index contributed by atoms with van der Waals surface area (Å²) in [5, 5.41) is 8.82. The number of benzene rings is 6.